The topological polar surface area (TPSA) is 58.4 Å². The van der Waals surface area contributed by atoms with Crippen LogP contribution in [0.4, 0.5) is 11.4 Å². The Bertz CT molecular complexity index is 820. The molecule has 0 spiro atoms. The monoisotopic (exact) mass is 295 g/mol. The summed E-state index contributed by atoms with van der Waals surface area (Å²) in [4.78, 5) is 18.5. The number of nitrogens with zero attached hydrogens (tertiary/aromatic N) is 2. The zero-order valence-corrected chi connectivity index (χ0v) is 12.8. The lowest BCUT2D eigenvalue weighted by Crippen LogP contribution is -2.13. The number of carbonyl (C=O) groups is 1. The van der Waals surface area contributed by atoms with E-state index >= 15 is 0 Å². The normalized spacial score (nSPS) is 10.7. The van der Waals surface area contributed by atoms with Crippen molar-refractivity contribution in [3.05, 3.63) is 53.9 Å². The number of oxazole rings is 1. The van der Waals surface area contributed by atoms with E-state index in [0.29, 0.717) is 22.7 Å². The molecule has 0 saturated carbocycles. The molecule has 1 N–H and O–H groups in total. The molecule has 22 heavy (non-hydrogen) atoms. The second-order valence-electron chi connectivity index (χ2n) is 5.31. The van der Waals surface area contributed by atoms with E-state index in [1.54, 1.807) is 13.0 Å². The molecular weight excluding hydrogens is 278 g/mol. The van der Waals surface area contributed by atoms with Crippen LogP contribution < -0.4 is 10.2 Å². The quantitative estimate of drug-likeness (QED) is 0.804. The lowest BCUT2D eigenvalue weighted by Gasteiger charge is -2.12. The van der Waals surface area contributed by atoms with Gasteiger partial charge in [0.15, 0.2) is 11.5 Å². The molecule has 112 valence electrons. The summed E-state index contributed by atoms with van der Waals surface area (Å²) >= 11 is 0. The summed E-state index contributed by atoms with van der Waals surface area (Å²) < 4.78 is 5.47. The number of carbonyl (C=O) groups excluding carboxylic acids is 1. The van der Waals surface area contributed by atoms with Gasteiger partial charge in [-0.15, -0.1) is 0 Å². The second kappa shape index (κ2) is 5.52. The Morgan fingerprint density at radius 1 is 1.14 bits per heavy atom. The Labute approximate surface area is 128 Å². The molecule has 0 aliphatic carbocycles. The predicted molar refractivity (Wildman–Crippen MR) is 87.5 cm³/mol. The molecule has 0 fully saturated rings. The zero-order chi connectivity index (χ0) is 15.7. The first-order valence-electron chi connectivity index (χ1n) is 6.99. The summed E-state index contributed by atoms with van der Waals surface area (Å²) in [6.07, 6.45) is 0. The largest absolute Gasteiger partial charge is 0.441 e. The van der Waals surface area contributed by atoms with Gasteiger partial charge in [0.2, 0.25) is 0 Å². The van der Waals surface area contributed by atoms with Crippen molar-refractivity contribution in [3.8, 4) is 0 Å². The molecule has 5 nitrogen and oxygen atoms in total. The van der Waals surface area contributed by atoms with Crippen LogP contribution in [0.1, 0.15) is 16.2 Å². The fourth-order valence-corrected chi connectivity index (χ4v) is 2.23. The molecule has 0 bridgehead atoms. The third kappa shape index (κ3) is 2.79. The summed E-state index contributed by atoms with van der Waals surface area (Å²) in [5, 5.41) is 2.87. The summed E-state index contributed by atoms with van der Waals surface area (Å²) in [7, 11) is 3.92. The molecule has 3 aromatic rings. The maximum absolute atomic E-state index is 12.3. The Morgan fingerprint density at radius 2 is 1.86 bits per heavy atom. The van der Waals surface area contributed by atoms with Crippen LogP contribution >= 0.6 is 0 Å². The number of amides is 1. The van der Waals surface area contributed by atoms with Crippen LogP contribution in [0.2, 0.25) is 0 Å². The molecular formula is C17H17N3O2. The number of anilines is 2. The molecule has 0 unspecified atom stereocenters. The Hall–Kier alpha value is -2.82. The third-order valence-corrected chi connectivity index (χ3v) is 3.40. The summed E-state index contributed by atoms with van der Waals surface area (Å²) in [6, 6.07) is 12.9. The van der Waals surface area contributed by atoms with Crippen molar-refractivity contribution in [2.45, 2.75) is 6.92 Å². The minimum Gasteiger partial charge on any atom is -0.441 e. The molecule has 3 rings (SSSR count). The molecule has 0 aliphatic rings. The van der Waals surface area contributed by atoms with Crippen LogP contribution in [0.3, 0.4) is 0 Å². The van der Waals surface area contributed by atoms with Gasteiger partial charge >= 0.3 is 0 Å². The number of rotatable bonds is 3. The second-order valence-corrected chi connectivity index (χ2v) is 5.31. The minimum atomic E-state index is -0.152. The Balaban J connectivity index is 1.79. The first-order chi connectivity index (χ1) is 10.5. The molecule has 0 atom stereocenters. The van der Waals surface area contributed by atoms with Crippen molar-refractivity contribution in [1.82, 2.24) is 4.98 Å². The average Bonchev–Trinajstić information content (AvgIpc) is 2.86. The van der Waals surface area contributed by atoms with Gasteiger partial charge in [-0.05, 0) is 36.4 Å². The van der Waals surface area contributed by atoms with Crippen LogP contribution in [0.25, 0.3) is 11.1 Å². The highest BCUT2D eigenvalue weighted by Crippen LogP contribution is 2.20. The van der Waals surface area contributed by atoms with Crippen molar-refractivity contribution in [2.75, 3.05) is 24.3 Å². The maximum atomic E-state index is 12.3. The van der Waals surface area contributed by atoms with Crippen LogP contribution in [0.15, 0.2) is 46.9 Å². The van der Waals surface area contributed by atoms with E-state index in [-0.39, 0.29) is 5.91 Å². The van der Waals surface area contributed by atoms with Crippen molar-refractivity contribution in [3.63, 3.8) is 0 Å². The van der Waals surface area contributed by atoms with Crippen molar-refractivity contribution in [2.24, 2.45) is 0 Å². The number of benzene rings is 2. The first-order valence-corrected chi connectivity index (χ1v) is 6.99. The van der Waals surface area contributed by atoms with E-state index in [2.05, 4.69) is 10.3 Å². The van der Waals surface area contributed by atoms with E-state index in [0.717, 1.165) is 11.2 Å². The lowest BCUT2D eigenvalue weighted by molar-refractivity contribution is 0.102. The minimum absolute atomic E-state index is 0.152. The number of hydrogen-bond donors (Lipinski definition) is 1. The first kappa shape index (κ1) is 14.1. The Morgan fingerprint density at radius 3 is 2.55 bits per heavy atom. The van der Waals surface area contributed by atoms with Gasteiger partial charge in [-0.1, -0.05) is 0 Å². The van der Waals surface area contributed by atoms with Gasteiger partial charge in [-0.2, -0.15) is 0 Å². The Kier molecular flexibility index (Phi) is 3.55. The average molecular weight is 295 g/mol. The van der Waals surface area contributed by atoms with Gasteiger partial charge in [0.25, 0.3) is 5.91 Å². The molecule has 1 aromatic heterocycles. The van der Waals surface area contributed by atoms with Gasteiger partial charge in [-0.25, -0.2) is 4.98 Å². The maximum Gasteiger partial charge on any atom is 0.255 e. The van der Waals surface area contributed by atoms with Gasteiger partial charge in [0, 0.05) is 44.0 Å². The third-order valence-electron chi connectivity index (χ3n) is 3.40. The molecule has 1 heterocycles. The highest BCUT2D eigenvalue weighted by molar-refractivity contribution is 6.05. The number of fused-ring (bicyclic) bond motifs is 1. The van der Waals surface area contributed by atoms with Crippen LogP contribution in [0.5, 0.6) is 0 Å². The number of aromatic nitrogens is 1. The summed E-state index contributed by atoms with van der Waals surface area (Å²) in [5.41, 5.74) is 3.80. The van der Waals surface area contributed by atoms with Gasteiger partial charge in [0.05, 0.1) is 0 Å². The standard InChI is InChI=1S/C17H17N3O2/c1-11-18-15-9-6-13(10-16(15)22-11)19-17(21)12-4-7-14(8-5-12)20(2)3/h4-10H,1-3H3,(H,19,21). The van der Waals surface area contributed by atoms with Crippen LogP contribution in [0, 0.1) is 6.92 Å². The predicted octanol–water partition coefficient (Wildman–Crippen LogP) is 3.45. The van der Waals surface area contributed by atoms with Crippen LogP contribution in [-0.2, 0) is 0 Å². The number of nitrogens with one attached hydrogen (secondary N) is 1. The van der Waals surface area contributed by atoms with Crippen molar-refractivity contribution < 1.29 is 9.21 Å². The highest BCUT2D eigenvalue weighted by Gasteiger charge is 2.08. The summed E-state index contributed by atoms with van der Waals surface area (Å²) in [6.45, 7) is 1.80. The lowest BCUT2D eigenvalue weighted by atomic mass is 10.2. The van der Waals surface area contributed by atoms with E-state index in [4.69, 9.17) is 4.42 Å². The van der Waals surface area contributed by atoms with E-state index in [9.17, 15) is 4.79 Å². The van der Waals surface area contributed by atoms with Gasteiger partial charge in [-0.3, -0.25) is 4.79 Å². The van der Waals surface area contributed by atoms with E-state index in [1.807, 2.05) is 55.4 Å². The molecule has 0 radical (unpaired) electrons. The highest BCUT2D eigenvalue weighted by atomic mass is 16.3. The number of hydrogen-bond acceptors (Lipinski definition) is 4. The smallest absolute Gasteiger partial charge is 0.255 e. The molecule has 1 amide bonds. The molecule has 5 heteroatoms. The van der Waals surface area contributed by atoms with E-state index < -0.39 is 0 Å². The fourth-order valence-electron chi connectivity index (χ4n) is 2.23. The van der Waals surface area contributed by atoms with Gasteiger partial charge < -0.3 is 14.6 Å². The fraction of sp³-hybridized carbons (Fsp3) is 0.176. The van der Waals surface area contributed by atoms with Crippen molar-refractivity contribution in [1.29, 1.82) is 0 Å². The zero-order valence-electron chi connectivity index (χ0n) is 12.8. The summed E-state index contributed by atoms with van der Waals surface area (Å²) in [5.74, 6) is 0.457. The van der Waals surface area contributed by atoms with Gasteiger partial charge in [0.1, 0.15) is 5.52 Å². The van der Waals surface area contributed by atoms with Crippen LogP contribution in [-0.4, -0.2) is 25.0 Å². The van der Waals surface area contributed by atoms with Crippen molar-refractivity contribution >= 4 is 28.4 Å². The number of aryl methyl sites for hydroxylation is 1. The molecule has 0 aliphatic heterocycles. The molecule has 0 saturated heterocycles. The molecule has 2 aromatic carbocycles. The van der Waals surface area contributed by atoms with E-state index in [1.165, 1.54) is 0 Å². The SMILES string of the molecule is Cc1nc2ccc(NC(=O)c3ccc(N(C)C)cc3)cc2o1.